The second kappa shape index (κ2) is 9.20. The minimum absolute atomic E-state index is 0.229. The third-order valence-corrected chi connectivity index (χ3v) is 6.06. The Morgan fingerprint density at radius 3 is 1.81 bits per heavy atom. The molecule has 0 unspecified atom stereocenters. The highest BCUT2D eigenvalue weighted by atomic mass is 19.1. The van der Waals surface area contributed by atoms with E-state index in [0.29, 0.717) is 18.5 Å². The molecule has 0 radical (unpaired) electrons. The number of hydrogen-bond acceptors (Lipinski definition) is 4. The van der Waals surface area contributed by atoms with Crippen LogP contribution in [-0.4, -0.2) is 43.2 Å². The zero-order valence-electron chi connectivity index (χ0n) is 17.2. The van der Waals surface area contributed by atoms with Crippen molar-refractivity contribution in [2.24, 2.45) is 11.8 Å². The van der Waals surface area contributed by atoms with E-state index < -0.39 is 17.8 Å². The first-order valence-electron chi connectivity index (χ1n) is 10.6. The van der Waals surface area contributed by atoms with Crippen molar-refractivity contribution in [3.8, 4) is 0 Å². The van der Waals surface area contributed by atoms with Gasteiger partial charge in [0.2, 0.25) is 5.91 Å². The number of aliphatic carboxylic acids is 1. The van der Waals surface area contributed by atoms with Crippen LogP contribution >= 0.6 is 0 Å². The normalized spacial score (nSPS) is 21.1. The predicted octanol–water partition coefficient (Wildman–Crippen LogP) is 3.76. The number of carbonyl (C=O) groups is 2. The molecule has 31 heavy (non-hydrogen) atoms. The number of benzene rings is 2. The molecule has 1 fully saturated rings. The number of carbonyl (C=O) groups excluding carboxylic acids is 1. The predicted molar refractivity (Wildman–Crippen MR) is 119 cm³/mol. The summed E-state index contributed by atoms with van der Waals surface area (Å²) in [5, 5.41) is 12.2. The van der Waals surface area contributed by atoms with Crippen LogP contribution in [0.15, 0.2) is 60.7 Å². The van der Waals surface area contributed by atoms with E-state index in [0.717, 1.165) is 37.6 Å². The van der Waals surface area contributed by atoms with E-state index >= 15 is 0 Å². The van der Waals surface area contributed by atoms with Gasteiger partial charge in [-0.3, -0.25) is 9.59 Å². The van der Waals surface area contributed by atoms with Crippen LogP contribution in [-0.2, 0) is 9.59 Å². The summed E-state index contributed by atoms with van der Waals surface area (Å²) in [5.74, 6) is -2.64. The highest BCUT2D eigenvalue weighted by Gasteiger charge is 2.34. The van der Waals surface area contributed by atoms with Gasteiger partial charge in [0.15, 0.2) is 0 Å². The number of anilines is 3. The Morgan fingerprint density at radius 1 is 0.806 bits per heavy atom. The summed E-state index contributed by atoms with van der Waals surface area (Å²) in [4.78, 5) is 28.6. The molecule has 2 atom stereocenters. The molecular weight excluding hydrogens is 397 g/mol. The monoisotopic (exact) mass is 423 g/mol. The quantitative estimate of drug-likeness (QED) is 0.717. The third-order valence-electron chi connectivity index (χ3n) is 6.06. The van der Waals surface area contributed by atoms with Crippen molar-refractivity contribution in [2.45, 2.75) is 12.8 Å². The van der Waals surface area contributed by atoms with Crippen LogP contribution in [0.1, 0.15) is 12.8 Å². The largest absolute Gasteiger partial charge is 0.481 e. The van der Waals surface area contributed by atoms with Gasteiger partial charge in [-0.2, -0.15) is 0 Å². The van der Waals surface area contributed by atoms with Crippen molar-refractivity contribution in [3.63, 3.8) is 0 Å². The number of carboxylic acid groups (broad SMARTS) is 1. The number of piperazine rings is 1. The number of hydrogen-bond donors (Lipinski definition) is 2. The summed E-state index contributed by atoms with van der Waals surface area (Å²) >= 11 is 0. The number of amides is 1. The van der Waals surface area contributed by atoms with Crippen molar-refractivity contribution >= 4 is 28.9 Å². The molecule has 1 amide bonds. The highest BCUT2D eigenvalue weighted by molar-refractivity contribution is 5.95. The molecular formula is C24H26FN3O3. The van der Waals surface area contributed by atoms with Gasteiger partial charge in [-0.25, -0.2) is 4.39 Å². The van der Waals surface area contributed by atoms with Gasteiger partial charge < -0.3 is 20.2 Å². The molecule has 1 aliphatic heterocycles. The molecule has 0 aromatic heterocycles. The zero-order chi connectivity index (χ0) is 21.8. The van der Waals surface area contributed by atoms with Gasteiger partial charge in [-0.15, -0.1) is 0 Å². The first-order valence-corrected chi connectivity index (χ1v) is 10.6. The molecule has 2 aromatic carbocycles. The standard InChI is InChI=1S/C24H26FN3O3/c25-17-5-9-19(10-6-17)27-13-15-28(16-14-27)20-11-7-18(8-12-20)26-23(29)21-3-1-2-4-22(21)24(30)31/h1-2,5-12,21-22H,3-4,13-16H2,(H,26,29)(H,30,31)/t21-,22+/m1/s1. The topological polar surface area (TPSA) is 72.9 Å². The first kappa shape index (κ1) is 20.9. The number of rotatable bonds is 5. The number of carboxylic acids is 1. The minimum Gasteiger partial charge on any atom is -0.481 e. The maximum atomic E-state index is 13.1. The Kier molecular flexibility index (Phi) is 6.21. The van der Waals surface area contributed by atoms with Crippen LogP contribution in [0.25, 0.3) is 0 Å². The maximum Gasteiger partial charge on any atom is 0.307 e. The van der Waals surface area contributed by atoms with E-state index in [1.165, 1.54) is 12.1 Å². The van der Waals surface area contributed by atoms with Crippen molar-refractivity contribution < 1.29 is 19.1 Å². The molecule has 1 aliphatic carbocycles. The van der Waals surface area contributed by atoms with Crippen LogP contribution in [0.4, 0.5) is 21.5 Å². The second-order valence-corrected chi connectivity index (χ2v) is 7.98. The zero-order valence-corrected chi connectivity index (χ0v) is 17.2. The van der Waals surface area contributed by atoms with Gasteiger partial charge in [0.05, 0.1) is 11.8 Å². The van der Waals surface area contributed by atoms with Gasteiger partial charge in [0, 0.05) is 43.2 Å². The third kappa shape index (κ3) is 4.87. The van der Waals surface area contributed by atoms with Crippen molar-refractivity contribution in [2.75, 3.05) is 41.3 Å². The smallest absolute Gasteiger partial charge is 0.307 e. The van der Waals surface area contributed by atoms with Crippen molar-refractivity contribution in [3.05, 3.63) is 66.5 Å². The van der Waals surface area contributed by atoms with E-state index in [-0.39, 0.29) is 11.7 Å². The molecule has 6 nitrogen and oxygen atoms in total. The number of allylic oxidation sites excluding steroid dienone is 2. The molecule has 1 saturated heterocycles. The van der Waals surface area contributed by atoms with Crippen LogP contribution in [0.2, 0.25) is 0 Å². The van der Waals surface area contributed by atoms with Gasteiger partial charge in [-0.05, 0) is 61.4 Å². The molecule has 4 rings (SSSR count). The Balaban J connectivity index is 1.33. The van der Waals surface area contributed by atoms with Crippen LogP contribution in [0.5, 0.6) is 0 Å². The van der Waals surface area contributed by atoms with Gasteiger partial charge >= 0.3 is 5.97 Å². The Labute approximate surface area is 181 Å². The number of halogens is 1. The van der Waals surface area contributed by atoms with Crippen LogP contribution < -0.4 is 15.1 Å². The Hall–Kier alpha value is -3.35. The molecule has 2 N–H and O–H groups in total. The van der Waals surface area contributed by atoms with E-state index in [1.54, 1.807) is 12.1 Å². The summed E-state index contributed by atoms with van der Waals surface area (Å²) in [6.45, 7) is 3.38. The van der Waals surface area contributed by atoms with E-state index in [4.69, 9.17) is 0 Å². The average Bonchev–Trinajstić information content (AvgIpc) is 2.80. The van der Waals surface area contributed by atoms with Gasteiger partial charge in [0.25, 0.3) is 0 Å². The molecule has 0 bridgehead atoms. The number of nitrogens with one attached hydrogen (secondary N) is 1. The fourth-order valence-corrected chi connectivity index (χ4v) is 4.24. The number of nitrogens with zero attached hydrogens (tertiary/aromatic N) is 2. The lowest BCUT2D eigenvalue weighted by atomic mass is 9.82. The molecule has 2 aliphatic rings. The SMILES string of the molecule is O=C(O)[C@H]1CC=CC[C@H]1C(=O)Nc1ccc(N2CCN(c3ccc(F)cc3)CC2)cc1. The fourth-order valence-electron chi connectivity index (χ4n) is 4.24. The van der Waals surface area contributed by atoms with Gasteiger partial charge in [0.1, 0.15) is 5.82 Å². The molecule has 1 heterocycles. The Morgan fingerprint density at radius 2 is 1.29 bits per heavy atom. The molecule has 162 valence electrons. The van der Waals surface area contributed by atoms with Crippen molar-refractivity contribution in [1.82, 2.24) is 0 Å². The lowest BCUT2D eigenvalue weighted by Crippen LogP contribution is -2.46. The second-order valence-electron chi connectivity index (χ2n) is 7.98. The summed E-state index contributed by atoms with van der Waals surface area (Å²) in [7, 11) is 0. The summed E-state index contributed by atoms with van der Waals surface area (Å²) in [6.07, 6.45) is 4.53. The Bertz CT molecular complexity index is 951. The summed E-state index contributed by atoms with van der Waals surface area (Å²) in [5.41, 5.74) is 2.76. The lowest BCUT2D eigenvalue weighted by molar-refractivity contribution is -0.146. The maximum absolute atomic E-state index is 13.1. The first-order chi connectivity index (χ1) is 15.0. The fraction of sp³-hybridized carbons (Fsp3) is 0.333. The lowest BCUT2D eigenvalue weighted by Gasteiger charge is -2.37. The average molecular weight is 423 g/mol. The van der Waals surface area contributed by atoms with E-state index in [9.17, 15) is 19.1 Å². The minimum atomic E-state index is -0.931. The van der Waals surface area contributed by atoms with Crippen molar-refractivity contribution in [1.29, 1.82) is 0 Å². The van der Waals surface area contributed by atoms with Crippen LogP contribution in [0, 0.1) is 17.7 Å². The van der Waals surface area contributed by atoms with E-state index in [2.05, 4.69) is 15.1 Å². The summed E-state index contributed by atoms with van der Waals surface area (Å²) in [6, 6.07) is 14.2. The molecule has 2 aromatic rings. The van der Waals surface area contributed by atoms with Crippen LogP contribution in [0.3, 0.4) is 0 Å². The molecule has 7 heteroatoms. The molecule has 0 spiro atoms. The molecule has 0 saturated carbocycles. The van der Waals surface area contributed by atoms with E-state index in [1.807, 2.05) is 36.4 Å². The van der Waals surface area contributed by atoms with Gasteiger partial charge in [-0.1, -0.05) is 12.2 Å². The highest BCUT2D eigenvalue weighted by Crippen LogP contribution is 2.28. The summed E-state index contributed by atoms with van der Waals surface area (Å²) < 4.78 is 13.1.